The molecule has 9 heteroatoms. The number of anilines is 1. The molecule has 1 aliphatic carbocycles. The summed E-state index contributed by atoms with van der Waals surface area (Å²) in [7, 11) is 2.07. The molecular weight excluding hydrogens is 462 g/mol. The van der Waals surface area contributed by atoms with Crippen molar-refractivity contribution in [1.82, 2.24) is 9.55 Å². The predicted octanol–water partition coefficient (Wildman–Crippen LogP) is 4.60. The monoisotopic (exact) mass is 497 g/mol. The lowest BCUT2D eigenvalue weighted by atomic mass is 10.0. The molecular formula is C26H35N3O5Si. The topological polar surface area (TPSA) is 94.8 Å². The van der Waals surface area contributed by atoms with E-state index in [1.807, 2.05) is 35.0 Å². The Morgan fingerprint density at radius 1 is 1.17 bits per heavy atom. The summed E-state index contributed by atoms with van der Waals surface area (Å²) in [4.78, 5) is 17.3. The molecule has 3 aromatic rings. The van der Waals surface area contributed by atoms with Gasteiger partial charge in [-0.25, -0.2) is 4.98 Å². The fraction of sp³-hybridized carbons (Fsp3) is 0.462. The summed E-state index contributed by atoms with van der Waals surface area (Å²) in [5.74, 6) is 1.67. The van der Waals surface area contributed by atoms with E-state index in [0.717, 1.165) is 22.6 Å². The average Bonchev–Trinajstić information content (AvgIpc) is 3.55. The molecule has 0 spiro atoms. The van der Waals surface area contributed by atoms with Gasteiger partial charge in [-0.05, 0) is 42.6 Å². The third-order valence-electron chi connectivity index (χ3n) is 6.39. The summed E-state index contributed by atoms with van der Waals surface area (Å²) in [5.41, 5.74) is 2.45. The maximum absolute atomic E-state index is 12.5. The van der Waals surface area contributed by atoms with Crippen LogP contribution in [0.15, 0.2) is 36.5 Å². The Morgan fingerprint density at radius 3 is 2.49 bits per heavy atom. The molecule has 8 nitrogen and oxygen atoms in total. The minimum atomic E-state index is -1.21. The third kappa shape index (κ3) is 5.69. The number of aliphatic hydroxyl groups is 1. The van der Waals surface area contributed by atoms with Crippen LogP contribution in [0.4, 0.5) is 5.82 Å². The van der Waals surface area contributed by atoms with Crippen LogP contribution in [-0.4, -0.2) is 56.1 Å². The molecule has 4 rings (SSSR count). The maximum Gasteiger partial charge on any atom is 0.229 e. The largest absolute Gasteiger partial charge is 0.496 e. The molecule has 0 bridgehead atoms. The Bertz CT molecular complexity index is 1180. The van der Waals surface area contributed by atoms with Crippen LogP contribution in [0.25, 0.3) is 22.2 Å². The first kappa shape index (κ1) is 25.2. The van der Waals surface area contributed by atoms with Gasteiger partial charge in [0, 0.05) is 44.4 Å². The molecule has 0 aliphatic heterocycles. The number of pyridine rings is 1. The number of nitrogens with zero attached hydrogens (tertiary/aromatic N) is 2. The van der Waals surface area contributed by atoms with Crippen LogP contribution in [-0.2, 0) is 16.3 Å². The lowest BCUT2D eigenvalue weighted by Gasteiger charge is -2.15. The van der Waals surface area contributed by atoms with Gasteiger partial charge >= 0.3 is 0 Å². The number of rotatable bonds is 11. The van der Waals surface area contributed by atoms with Crippen molar-refractivity contribution in [2.24, 2.45) is 11.8 Å². The van der Waals surface area contributed by atoms with Crippen molar-refractivity contribution < 1.29 is 24.1 Å². The van der Waals surface area contributed by atoms with Crippen LogP contribution in [0.3, 0.4) is 0 Å². The fourth-order valence-electron chi connectivity index (χ4n) is 4.18. The van der Waals surface area contributed by atoms with E-state index < -0.39 is 8.07 Å². The van der Waals surface area contributed by atoms with E-state index in [2.05, 4.69) is 25.0 Å². The Balaban J connectivity index is 1.70. The number of aromatic nitrogens is 2. The summed E-state index contributed by atoms with van der Waals surface area (Å²) in [6, 6.07) is 10.5. The van der Waals surface area contributed by atoms with Gasteiger partial charge in [0.25, 0.3) is 0 Å². The first-order chi connectivity index (χ1) is 16.8. The molecule has 0 saturated heterocycles. The van der Waals surface area contributed by atoms with Gasteiger partial charge in [-0.3, -0.25) is 4.79 Å². The fourth-order valence-corrected chi connectivity index (χ4v) is 4.94. The molecule has 1 aliphatic rings. The second-order valence-corrected chi connectivity index (χ2v) is 15.9. The Hall–Kier alpha value is -2.88. The molecule has 2 N–H and O–H groups in total. The third-order valence-corrected chi connectivity index (χ3v) is 8.10. The van der Waals surface area contributed by atoms with Crippen LogP contribution in [0.1, 0.15) is 6.42 Å². The molecule has 2 atom stereocenters. The Kier molecular flexibility index (Phi) is 7.49. The van der Waals surface area contributed by atoms with Crippen LogP contribution in [0.2, 0.25) is 25.7 Å². The first-order valence-corrected chi connectivity index (χ1v) is 15.7. The van der Waals surface area contributed by atoms with Gasteiger partial charge in [0.15, 0.2) is 0 Å². The number of fused-ring (bicyclic) bond motifs is 1. The van der Waals surface area contributed by atoms with Crippen molar-refractivity contribution in [2.45, 2.75) is 38.8 Å². The number of carbonyl (C=O) groups excluding carboxylic acids is 1. The summed E-state index contributed by atoms with van der Waals surface area (Å²) < 4.78 is 19.3. The number of ether oxygens (including phenoxy) is 3. The molecule has 188 valence electrons. The highest BCUT2D eigenvalue weighted by atomic mass is 28.3. The van der Waals surface area contributed by atoms with Crippen molar-refractivity contribution in [1.29, 1.82) is 0 Å². The van der Waals surface area contributed by atoms with Gasteiger partial charge in [-0.1, -0.05) is 25.7 Å². The van der Waals surface area contributed by atoms with E-state index in [9.17, 15) is 9.90 Å². The van der Waals surface area contributed by atoms with Gasteiger partial charge in [-0.2, -0.15) is 0 Å². The van der Waals surface area contributed by atoms with Crippen molar-refractivity contribution in [2.75, 3.05) is 32.8 Å². The minimum Gasteiger partial charge on any atom is -0.496 e. The number of hydrogen-bond donors (Lipinski definition) is 2. The summed E-state index contributed by atoms with van der Waals surface area (Å²) in [6.07, 6.45) is 2.71. The molecule has 2 aromatic heterocycles. The summed E-state index contributed by atoms with van der Waals surface area (Å²) in [5, 5.41) is 13.1. The van der Waals surface area contributed by atoms with Gasteiger partial charge in [0.2, 0.25) is 5.91 Å². The number of amides is 1. The standard InChI is InChI=1S/C26H35N3O5Si/c1-32-21-7-6-8-22(33-2)24(21)20-14-29(16-34-11-12-35(3,4)5)25-18(20)9-10-23(27-25)28-26(31)19-13-17(19)15-30/h6-10,14,17,19,30H,11-13,15-16H2,1-5H3,(H,27,28,31). The molecule has 2 heterocycles. The predicted molar refractivity (Wildman–Crippen MR) is 140 cm³/mol. The van der Waals surface area contributed by atoms with Crippen LogP contribution in [0.5, 0.6) is 11.5 Å². The molecule has 2 unspecified atom stereocenters. The van der Waals surface area contributed by atoms with Gasteiger partial charge < -0.3 is 29.2 Å². The van der Waals surface area contributed by atoms with Crippen molar-refractivity contribution >= 4 is 30.8 Å². The first-order valence-electron chi connectivity index (χ1n) is 12.0. The van der Waals surface area contributed by atoms with Crippen LogP contribution in [0, 0.1) is 11.8 Å². The van der Waals surface area contributed by atoms with Gasteiger partial charge in [0.05, 0.1) is 19.8 Å². The van der Waals surface area contributed by atoms with Crippen LogP contribution < -0.4 is 14.8 Å². The molecule has 0 radical (unpaired) electrons. The summed E-state index contributed by atoms with van der Waals surface area (Å²) in [6.45, 7) is 8.04. The molecule has 1 aromatic carbocycles. The number of carbonyl (C=O) groups is 1. The minimum absolute atomic E-state index is 0.0340. The zero-order valence-electron chi connectivity index (χ0n) is 21.1. The van der Waals surface area contributed by atoms with Crippen molar-refractivity contribution in [3.63, 3.8) is 0 Å². The summed E-state index contributed by atoms with van der Waals surface area (Å²) >= 11 is 0. The maximum atomic E-state index is 12.5. The molecule has 35 heavy (non-hydrogen) atoms. The smallest absolute Gasteiger partial charge is 0.229 e. The van der Waals surface area contributed by atoms with Gasteiger partial charge in [0.1, 0.15) is 29.7 Å². The zero-order valence-corrected chi connectivity index (χ0v) is 22.1. The average molecular weight is 498 g/mol. The molecule has 1 saturated carbocycles. The van der Waals surface area contributed by atoms with E-state index in [0.29, 0.717) is 42.7 Å². The highest BCUT2D eigenvalue weighted by molar-refractivity contribution is 6.76. The lowest BCUT2D eigenvalue weighted by Crippen LogP contribution is -2.22. The van der Waals surface area contributed by atoms with E-state index in [4.69, 9.17) is 19.2 Å². The Labute approximate surface area is 207 Å². The highest BCUT2D eigenvalue weighted by Gasteiger charge is 2.42. The van der Waals surface area contributed by atoms with Crippen molar-refractivity contribution in [3.05, 3.63) is 36.5 Å². The molecule has 1 fully saturated rings. The normalized spacial score (nSPS) is 17.4. The van der Waals surface area contributed by atoms with Crippen molar-refractivity contribution in [3.8, 4) is 22.6 Å². The number of hydrogen-bond acceptors (Lipinski definition) is 6. The second kappa shape index (κ2) is 10.4. The van der Waals surface area contributed by atoms with Gasteiger partial charge in [-0.15, -0.1) is 0 Å². The Morgan fingerprint density at radius 2 is 1.89 bits per heavy atom. The van der Waals surface area contributed by atoms with E-state index >= 15 is 0 Å². The number of methoxy groups -OCH3 is 2. The van der Waals surface area contributed by atoms with E-state index in [-0.39, 0.29) is 24.3 Å². The zero-order chi connectivity index (χ0) is 25.2. The molecule has 1 amide bonds. The van der Waals surface area contributed by atoms with E-state index in [1.165, 1.54) is 0 Å². The quantitative estimate of drug-likeness (QED) is 0.297. The lowest BCUT2D eigenvalue weighted by molar-refractivity contribution is -0.117. The second-order valence-electron chi connectivity index (χ2n) is 10.2. The number of aliphatic hydroxyl groups excluding tert-OH is 1. The number of benzene rings is 1. The number of nitrogens with one attached hydrogen (secondary N) is 1. The SMILES string of the molecule is COc1cccc(OC)c1-c1cn(COCC[Si](C)(C)C)c2nc(NC(=O)C3CC3CO)ccc12. The highest BCUT2D eigenvalue weighted by Crippen LogP contribution is 2.43. The van der Waals surface area contributed by atoms with Crippen LogP contribution >= 0.6 is 0 Å². The van der Waals surface area contributed by atoms with E-state index in [1.54, 1.807) is 20.3 Å².